The van der Waals surface area contributed by atoms with Crippen molar-refractivity contribution in [3.8, 4) is 0 Å². The highest BCUT2D eigenvalue weighted by Gasteiger charge is 2.32. The number of carbonyl (C=O) groups excluding carboxylic acids is 4. The third kappa shape index (κ3) is 1.48. The second-order valence-corrected chi connectivity index (χ2v) is 1.48. The predicted molar refractivity (Wildman–Crippen MR) is 24.4 cm³/mol. The topological polar surface area (TPSA) is 105 Å². The normalized spacial score (nSPS) is 18.0. The lowest BCUT2D eigenvalue weighted by Crippen LogP contribution is -2.31. The molecule has 0 bridgehead atoms. The van der Waals surface area contributed by atoms with E-state index in [-0.39, 0.29) is 0 Å². The summed E-state index contributed by atoms with van der Waals surface area (Å²) >= 11 is 0. The summed E-state index contributed by atoms with van der Waals surface area (Å²) in [6.07, 6.45) is 0. The average Bonchev–Trinajstić information content (AvgIpc) is 2.07. The van der Waals surface area contributed by atoms with E-state index in [4.69, 9.17) is 0 Å². The van der Waals surface area contributed by atoms with Crippen LogP contribution in [0.3, 0.4) is 0 Å². The minimum absolute atomic E-state index is 1.60. The van der Waals surface area contributed by atoms with E-state index < -0.39 is 23.9 Å². The Kier molecular flexibility index (Phi) is 1.90. The fourth-order valence-electron chi connectivity index (χ4n) is 0.287. The lowest BCUT2D eigenvalue weighted by Gasteiger charge is -2.04. The minimum atomic E-state index is -1.60. The third-order valence-corrected chi connectivity index (χ3v) is 0.719. The van der Waals surface area contributed by atoms with Gasteiger partial charge in [-0.05, 0) is 0 Å². The van der Waals surface area contributed by atoms with Crippen molar-refractivity contribution in [2.45, 2.75) is 0 Å². The van der Waals surface area contributed by atoms with Crippen molar-refractivity contribution in [3.05, 3.63) is 0 Å². The van der Waals surface area contributed by atoms with Gasteiger partial charge >= 0.3 is 23.9 Å². The summed E-state index contributed by atoms with van der Waals surface area (Å²) in [5.74, 6) is -6.40. The number of rotatable bonds is 0. The third-order valence-electron chi connectivity index (χ3n) is 0.719. The van der Waals surface area contributed by atoms with Gasteiger partial charge in [0, 0.05) is 0 Å². The highest BCUT2D eigenvalue weighted by atomic mass is 17.3. The van der Waals surface area contributed by atoms with E-state index in [2.05, 4.69) is 19.6 Å². The Balaban J connectivity index is 2.69. The monoisotopic (exact) mass is 176 g/mol. The van der Waals surface area contributed by atoms with Gasteiger partial charge in [0.05, 0.1) is 0 Å². The number of hydrogen-bond donors (Lipinski definition) is 0. The lowest BCUT2D eigenvalue weighted by atomic mass is 10.7. The maximum atomic E-state index is 10.3. The molecule has 12 heavy (non-hydrogen) atoms. The van der Waals surface area contributed by atoms with Crippen molar-refractivity contribution in [3.63, 3.8) is 0 Å². The molecule has 8 nitrogen and oxygen atoms in total. The molecule has 1 fully saturated rings. The molecule has 0 aromatic rings. The van der Waals surface area contributed by atoms with Gasteiger partial charge in [-0.25, -0.2) is 38.7 Å². The van der Waals surface area contributed by atoms with Crippen molar-refractivity contribution in [1.82, 2.24) is 0 Å². The van der Waals surface area contributed by atoms with Crippen LogP contribution in [0.1, 0.15) is 0 Å². The fourth-order valence-corrected chi connectivity index (χ4v) is 0.287. The quantitative estimate of drug-likeness (QED) is 0.308. The van der Waals surface area contributed by atoms with E-state index in [0.717, 1.165) is 0 Å². The first kappa shape index (κ1) is 7.98. The molecule has 0 aliphatic carbocycles. The SMILES string of the molecule is O=C1OOC(=O)C(=O)OOC1=O. The summed E-state index contributed by atoms with van der Waals surface area (Å²) in [6, 6.07) is 0. The van der Waals surface area contributed by atoms with Gasteiger partial charge in [-0.3, -0.25) is 0 Å². The molecule has 0 amide bonds. The van der Waals surface area contributed by atoms with Gasteiger partial charge in [-0.2, -0.15) is 0 Å². The maximum Gasteiger partial charge on any atom is 0.467 e. The summed E-state index contributed by atoms with van der Waals surface area (Å²) in [5, 5.41) is 0. The zero-order valence-electron chi connectivity index (χ0n) is 5.27. The van der Waals surface area contributed by atoms with Gasteiger partial charge in [-0.15, -0.1) is 0 Å². The van der Waals surface area contributed by atoms with Crippen LogP contribution >= 0.6 is 0 Å². The fraction of sp³-hybridized carbons (Fsp3) is 0. The second-order valence-electron chi connectivity index (χ2n) is 1.48. The highest BCUT2D eigenvalue weighted by Crippen LogP contribution is 1.95. The van der Waals surface area contributed by atoms with E-state index in [1.807, 2.05) is 0 Å². The molecule has 0 unspecified atom stereocenters. The van der Waals surface area contributed by atoms with Crippen LogP contribution in [0.5, 0.6) is 0 Å². The van der Waals surface area contributed by atoms with E-state index in [9.17, 15) is 19.2 Å². The molecule has 64 valence electrons. The Morgan fingerprint density at radius 1 is 0.500 bits per heavy atom. The van der Waals surface area contributed by atoms with Crippen molar-refractivity contribution >= 4 is 23.9 Å². The Morgan fingerprint density at radius 3 is 0.833 bits per heavy atom. The van der Waals surface area contributed by atoms with Gasteiger partial charge in [0.25, 0.3) is 0 Å². The molecule has 1 rings (SSSR count). The smallest absolute Gasteiger partial charge is 0.233 e. The Bertz CT molecular complexity index is 208. The predicted octanol–water partition coefficient (Wildman–Crippen LogP) is -2.00. The summed E-state index contributed by atoms with van der Waals surface area (Å²) in [6.45, 7) is 0. The zero-order chi connectivity index (χ0) is 9.14. The van der Waals surface area contributed by atoms with Crippen LogP contribution in [0.25, 0.3) is 0 Å². The van der Waals surface area contributed by atoms with Gasteiger partial charge in [0.15, 0.2) is 0 Å². The van der Waals surface area contributed by atoms with Gasteiger partial charge in [0.1, 0.15) is 0 Å². The van der Waals surface area contributed by atoms with Gasteiger partial charge in [0.2, 0.25) is 0 Å². The summed E-state index contributed by atoms with van der Waals surface area (Å²) in [5.41, 5.74) is 0. The standard InChI is InChI=1S/C4O8/c5-1-2(6)10-12-4(8)3(7)11-9-1. The van der Waals surface area contributed by atoms with Crippen LogP contribution in [0.15, 0.2) is 0 Å². The van der Waals surface area contributed by atoms with E-state index in [0.29, 0.717) is 0 Å². The van der Waals surface area contributed by atoms with Gasteiger partial charge in [-0.1, -0.05) is 0 Å². The zero-order valence-corrected chi connectivity index (χ0v) is 5.27. The first-order valence-corrected chi connectivity index (χ1v) is 2.47. The van der Waals surface area contributed by atoms with Crippen LogP contribution in [-0.2, 0) is 38.7 Å². The van der Waals surface area contributed by atoms with Crippen molar-refractivity contribution in [2.24, 2.45) is 0 Å². The van der Waals surface area contributed by atoms with Crippen LogP contribution in [0.2, 0.25) is 0 Å². The van der Waals surface area contributed by atoms with Gasteiger partial charge < -0.3 is 0 Å². The van der Waals surface area contributed by atoms with Crippen LogP contribution < -0.4 is 0 Å². The molecule has 0 aromatic heterocycles. The van der Waals surface area contributed by atoms with Crippen LogP contribution in [-0.4, -0.2) is 23.9 Å². The van der Waals surface area contributed by atoms with E-state index in [1.165, 1.54) is 0 Å². The largest absolute Gasteiger partial charge is 0.467 e. The Morgan fingerprint density at radius 2 is 0.667 bits per heavy atom. The summed E-state index contributed by atoms with van der Waals surface area (Å²) in [7, 11) is 0. The van der Waals surface area contributed by atoms with E-state index in [1.54, 1.807) is 0 Å². The first-order valence-electron chi connectivity index (χ1n) is 2.47. The molecule has 1 aliphatic heterocycles. The molecular formula is C4O8. The Hall–Kier alpha value is -2.12. The molecule has 8 heteroatoms. The molecule has 1 saturated heterocycles. The molecule has 0 aromatic carbocycles. The van der Waals surface area contributed by atoms with Crippen molar-refractivity contribution in [2.75, 3.05) is 0 Å². The molecule has 0 atom stereocenters. The maximum absolute atomic E-state index is 10.3. The molecule has 0 spiro atoms. The van der Waals surface area contributed by atoms with Crippen LogP contribution in [0.4, 0.5) is 0 Å². The molecule has 0 N–H and O–H groups in total. The summed E-state index contributed by atoms with van der Waals surface area (Å²) < 4.78 is 0. The molecular weight excluding hydrogens is 176 g/mol. The molecule has 0 saturated carbocycles. The minimum Gasteiger partial charge on any atom is -0.233 e. The van der Waals surface area contributed by atoms with Crippen LogP contribution in [0, 0.1) is 0 Å². The Labute approximate surface area is 63.8 Å². The summed E-state index contributed by atoms with van der Waals surface area (Å²) in [4.78, 5) is 55.1. The second kappa shape index (κ2) is 2.86. The van der Waals surface area contributed by atoms with Crippen molar-refractivity contribution < 1.29 is 38.7 Å². The average molecular weight is 176 g/mol. The highest BCUT2D eigenvalue weighted by molar-refractivity contribution is 6.33. The first-order chi connectivity index (χ1) is 5.61. The van der Waals surface area contributed by atoms with E-state index >= 15 is 0 Å². The van der Waals surface area contributed by atoms with Crippen molar-refractivity contribution in [1.29, 1.82) is 0 Å². The number of carbonyl (C=O) groups is 4. The lowest BCUT2D eigenvalue weighted by molar-refractivity contribution is -0.296. The number of hydrogen-bond acceptors (Lipinski definition) is 8. The molecule has 1 aliphatic rings. The molecule has 0 radical (unpaired) electrons. The molecule has 1 heterocycles.